The van der Waals surface area contributed by atoms with Crippen molar-refractivity contribution in [3.8, 4) is 0 Å². The SMILES string of the molecule is CC(C)c1ccc(N2C[C@@]34C=C[C@@H](O3)C(C(=O)N(C)Cc3ccno3)C4C2=O)cc1. The zero-order valence-corrected chi connectivity index (χ0v) is 17.3. The summed E-state index contributed by atoms with van der Waals surface area (Å²) in [5.41, 5.74) is 1.34. The van der Waals surface area contributed by atoms with E-state index in [1.54, 1.807) is 29.1 Å². The van der Waals surface area contributed by atoms with Crippen molar-refractivity contribution < 1.29 is 18.8 Å². The summed E-state index contributed by atoms with van der Waals surface area (Å²) in [4.78, 5) is 30.1. The second kappa shape index (κ2) is 6.80. The van der Waals surface area contributed by atoms with Gasteiger partial charge in [0.15, 0.2) is 5.76 Å². The minimum absolute atomic E-state index is 0.0504. The van der Waals surface area contributed by atoms with Crippen molar-refractivity contribution in [2.24, 2.45) is 11.8 Å². The van der Waals surface area contributed by atoms with Crippen molar-refractivity contribution in [1.82, 2.24) is 10.1 Å². The van der Waals surface area contributed by atoms with Crippen LogP contribution in [0.5, 0.6) is 0 Å². The Morgan fingerprint density at radius 2 is 2.07 bits per heavy atom. The van der Waals surface area contributed by atoms with Crippen LogP contribution in [-0.4, -0.2) is 47.2 Å². The Morgan fingerprint density at radius 1 is 1.30 bits per heavy atom. The Labute approximate surface area is 175 Å². The van der Waals surface area contributed by atoms with Gasteiger partial charge in [0, 0.05) is 18.8 Å². The van der Waals surface area contributed by atoms with Gasteiger partial charge in [-0.15, -0.1) is 0 Å². The number of fused-ring (bicyclic) bond motifs is 1. The molecule has 7 heteroatoms. The van der Waals surface area contributed by atoms with Gasteiger partial charge < -0.3 is 19.1 Å². The highest BCUT2D eigenvalue weighted by Gasteiger charge is 2.67. The summed E-state index contributed by atoms with van der Waals surface area (Å²) in [6.07, 6.45) is 5.09. The van der Waals surface area contributed by atoms with E-state index in [1.807, 2.05) is 24.3 Å². The van der Waals surface area contributed by atoms with Crippen LogP contribution in [0.2, 0.25) is 0 Å². The van der Waals surface area contributed by atoms with Crippen molar-refractivity contribution in [3.63, 3.8) is 0 Å². The molecule has 7 nitrogen and oxygen atoms in total. The molecule has 1 aromatic carbocycles. The fourth-order valence-corrected chi connectivity index (χ4v) is 4.93. The molecule has 0 aliphatic carbocycles. The van der Waals surface area contributed by atoms with Crippen LogP contribution in [-0.2, 0) is 20.9 Å². The van der Waals surface area contributed by atoms with Crippen LogP contribution in [0.4, 0.5) is 5.69 Å². The first-order valence-corrected chi connectivity index (χ1v) is 10.3. The molecule has 2 saturated heterocycles. The highest BCUT2D eigenvalue weighted by atomic mass is 16.5. The highest BCUT2D eigenvalue weighted by molar-refractivity contribution is 6.03. The van der Waals surface area contributed by atoms with Gasteiger partial charge >= 0.3 is 0 Å². The Kier molecular flexibility index (Phi) is 4.32. The molecule has 3 aliphatic heterocycles. The van der Waals surface area contributed by atoms with Crippen LogP contribution in [0.3, 0.4) is 0 Å². The van der Waals surface area contributed by atoms with Crippen LogP contribution >= 0.6 is 0 Å². The minimum Gasteiger partial charge on any atom is -0.360 e. The number of anilines is 1. The molecule has 0 saturated carbocycles. The summed E-state index contributed by atoms with van der Waals surface area (Å²) >= 11 is 0. The Bertz CT molecular complexity index is 998. The van der Waals surface area contributed by atoms with Crippen LogP contribution in [0.25, 0.3) is 0 Å². The van der Waals surface area contributed by atoms with E-state index in [0.29, 0.717) is 24.8 Å². The predicted octanol–water partition coefficient (Wildman–Crippen LogP) is 2.74. The molecule has 3 aliphatic rings. The van der Waals surface area contributed by atoms with E-state index >= 15 is 0 Å². The zero-order chi connectivity index (χ0) is 21.0. The second-order valence-corrected chi connectivity index (χ2v) is 8.74. The molecule has 1 aromatic heterocycles. The van der Waals surface area contributed by atoms with Crippen molar-refractivity contribution >= 4 is 17.5 Å². The number of benzene rings is 1. The molecule has 2 unspecified atom stereocenters. The molecule has 30 heavy (non-hydrogen) atoms. The van der Waals surface area contributed by atoms with E-state index in [9.17, 15) is 9.59 Å². The normalized spacial score (nSPS) is 29.1. The van der Waals surface area contributed by atoms with Gasteiger partial charge in [0.1, 0.15) is 5.60 Å². The number of hydrogen-bond acceptors (Lipinski definition) is 5. The summed E-state index contributed by atoms with van der Waals surface area (Å²) < 4.78 is 11.4. The average Bonchev–Trinajstić information content (AvgIpc) is 3.50. The quantitative estimate of drug-likeness (QED) is 0.713. The lowest BCUT2D eigenvalue weighted by atomic mass is 9.76. The number of amides is 2. The van der Waals surface area contributed by atoms with Gasteiger partial charge in [0.2, 0.25) is 11.8 Å². The van der Waals surface area contributed by atoms with E-state index in [2.05, 4.69) is 31.1 Å². The van der Waals surface area contributed by atoms with Gasteiger partial charge in [-0.1, -0.05) is 43.3 Å². The van der Waals surface area contributed by atoms with Crippen molar-refractivity contribution in [2.75, 3.05) is 18.5 Å². The Morgan fingerprint density at radius 3 is 2.73 bits per heavy atom. The fourth-order valence-electron chi connectivity index (χ4n) is 4.93. The summed E-state index contributed by atoms with van der Waals surface area (Å²) in [6.45, 7) is 5.02. The molecule has 5 rings (SSSR count). The number of rotatable bonds is 5. The number of hydrogen-bond donors (Lipinski definition) is 0. The minimum atomic E-state index is -0.730. The zero-order valence-electron chi connectivity index (χ0n) is 17.3. The number of carbonyl (C=O) groups is 2. The number of nitrogens with zero attached hydrogens (tertiary/aromatic N) is 3. The molecule has 2 bridgehead atoms. The smallest absolute Gasteiger partial charge is 0.234 e. The van der Waals surface area contributed by atoms with Gasteiger partial charge in [0.25, 0.3) is 0 Å². The molecule has 1 spiro atoms. The molecule has 0 radical (unpaired) electrons. The molecular weight excluding hydrogens is 382 g/mol. The van der Waals surface area contributed by atoms with Gasteiger partial charge in [-0.05, 0) is 23.6 Å². The molecular formula is C23H25N3O4. The third-order valence-corrected chi connectivity index (χ3v) is 6.52. The first-order valence-electron chi connectivity index (χ1n) is 10.3. The van der Waals surface area contributed by atoms with E-state index in [0.717, 1.165) is 5.69 Å². The molecule has 4 heterocycles. The Balaban J connectivity index is 1.40. The van der Waals surface area contributed by atoms with E-state index in [1.165, 1.54) is 5.56 Å². The molecule has 2 amide bonds. The average molecular weight is 407 g/mol. The van der Waals surface area contributed by atoms with Crippen LogP contribution < -0.4 is 4.90 Å². The van der Waals surface area contributed by atoms with E-state index < -0.39 is 17.4 Å². The molecule has 156 valence electrons. The molecule has 2 fully saturated rings. The van der Waals surface area contributed by atoms with Gasteiger partial charge in [-0.2, -0.15) is 0 Å². The number of ether oxygens (including phenoxy) is 1. The predicted molar refractivity (Wildman–Crippen MR) is 110 cm³/mol. The molecule has 4 atom stereocenters. The summed E-state index contributed by atoms with van der Waals surface area (Å²) in [6, 6.07) is 9.80. The van der Waals surface area contributed by atoms with Gasteiger partial charge in [0.05, 0.1) is 37.2 Å². The highest BCUT2D eigenvalue weighted by Crippen LogP contribution is 2.53. The first kappa shape index (κ1) is 19.1. The first-order chi connectivity index (χ1) is 14.4. The largest absolute Gasteiger partial charge is 0.360 e. The lowest BCUT2D eigenvalue weighted by Crippen LogP contribution is -2.44. The number of aromatic nitrogens is 1. The molecule has 2 aromatic rings. The van der Waals surface area contributed by atoms with Crippen LogP contribution in [0, 0.1) is 11.8 Å². The van der Waals surface area contributed by atoms with Crippen LogP contribution in [0.15, 0.2) is 53.2 Å². The lowest BCUT2D eigenvalue weighted by Gasteiger charge is -2.27. The Hall–Kier alpha value is -2.93. The monoisotopic (exact) mass is 407 g/mol. The fraction of sp³-hybridized carbons (Fsp3) is 0.435. The van der Waals surface area contributed by atoms with Gasteiger partial charge in [-0.3, -0.25) is 9.59 Å². The standard InChI is InChI=1S/C23H25N3O4/c1-14(2)15-4-6-16(7-5-15)26-13-23-10-8-18(29-23)19(20(23)22(26)28)21(27)25(3)12-17-9-11-24-30-17/h4-11,14,18-20H,12-13H2,1-3H3/t18-,19?,20?,23-/m1/s1. The van der Waals surface area contributed by atoms with Gasteiger partial charge in [-0.25, -0.2) is 0 Å². The summed E-state index contributed by atoms with van der Waals surface area (Å²) in [7, 11) is 1.72. The maximum Gasteiger partial charge on any atom is 0.234 e. The van der Waals surface area contributed by atoms with E-state index in [4.69, 9.17) is 9.26 Å². The van der Waals surface area contributed by atoms with E-state index in [-0.39, 0.29) is 17.9 Å². The third kappa shape index (κ3) is 2.80. The van der Waals surface area contributed by atoms with Crippen molar-refractivity contribution in [3.05, 3.63) is 60.0 Å². The maximum atomic E-state index is 13.5. The van der Waals surface area contributed by atoms with Crippen molar-refractivity contribution in [1.29, 1.82) is 0 Å². The topological polar surface area (TPSA) is 75.9 Å². The molecule has 0 N–H and O–H groups in total. The van der Waals surface area contributed by atoms with Crippen LogP contribution in [0.1, 0.15) is 31.1 Å². The number of carbonyl (C=O) groups excluding carboxylic acids is 2. The summed E-state index contributed by atoms with van der Waals surface area (Å²) in [5, 5.41) is 3.69. The third-order valence-electron chi connectivity index (χ3n) is 6.52. The van der Waals surface area contributed by atoms with Crippen molar-refractivity contribution in [2.45, 2.75) is 38.0 Å². The maximum absolute atomic E-state index is 13.5. The summed E-state index contributed by atoms with van der Waals surface area (Å²) in [5.74, 6) is -0.180. The lowest BCUT2D eigenvalue weighted by molar-refractivity contribution is -0.139. The second-order valence-electron chi connectivity index (χ2n) is 8.74.